The number of rotatable bonds is 5. The van der Waals surface area contributed by atoms with E-state index < -0.39 is 16.1 Å². The van der Waals surface area contributed by atoms with E-state index in [-0.39, 0.29) is 23.3 Å². The molecule has 1 fully saturated rings. The second-order valence-corrected chi connectivity index (χ2v) is 9.44. The number of aryl methyl sites for hydroxylation is 1. The third-order valence-corrected chi connectivity index (χ3v) is 7.11. The molecule has 0 aliphatic carbocycles. The lowest BCUT2D eigenvalue weighted by Crippen LogP contribution is -2.52. The van der Waals surface area contributed by atoms with Crippen LogP contribution < -0.4 is 10.6 Å². The Morgan fingerprint density at radius 2 is 1.84 bits per heavy atom. The van der Waals surface area contributed by atoms with Crippen LogP contribution in [0.2, 0.25) is 0 Å². The summed E-state index contributed by atoms with van der Waals surface area (Å²) >= 11 is 0. The van der Waals surface area contributed by atoms with Crippen LogP contribution in [0.15, 0.2) is 57.8 Å². The van der Waals surface area contributed by atoms with E-state index >= 15 is 0 Å². The average molecular weight is 455 g/mol. The fraction of sp³-hybridized carbons (Fsp3) is 0.348. The molecule has 1 atom stereocenters. The monoisotopic (exact) mass is 454 g/mol. The Kier molecular flexibility index (Phi) is 6.27. The lowest BCUT2D eigenvalue weighted by atomic mass is 9.99. The molecule has 168 valence electrons. The number of nitrogens with one attached hydrogen (secondary N) is 2. The normalized spacial score (nSPS) is 19.1. The first kappa shape index (κ1) is 22.0. The predicted molar refractivity (Wildman–Crippen MR) is 122 cm³/mol. The number of hydrogen-bond acceptors (Lipinski definition) is 5. The van der Waals surface area contributed by atoms with Crippen LogP contribution in [0.1, 0.15) is 37.3 Å². The molecule has 9 heteroatoms. The maximum atomic E-state index is 13.0. The van der Waals surface area contributed by atoms with Gasteiger partial charge in [-0.3, -0.25) is 9.59 Å². The van der Waals surface area contributed by atoms with E-state index in [1.54, 1.807) is 23.1 Å². The Morgan fingerprint density at radius 3 is 2.66 bits per heavy atom. The molecule has 2 aromatic carbocycles. The molecule has 1 saturated heterocycles. The van der Waals surface area contributed by atoms with E-state index in [2.05, 4.69) is 15.0 Å². The molecule has 2 aromatic rings. The summed E-state index contributed by atoms with van der Waals surface area (Å²) in [4.78, 5) is 27.3. The van der Waals surface area contributed by atoms with Crippen LogP contribution in [0.3, 0.4) is 0 Å². The molecule has 1 unspecified atom stereocenters. The van der Waals surface area contributed by atoms with Crippen molar-refractivity contribution in [3.05, 3.63) is 59.7 Å². The van der Waals surface area contributed by atoms with Crippen LogP contribution >= 0.6 is 0 Å². The van der Waals surface area contributed by atoms with E-state index in [0.717, 1.165) is 30.5 Å². The lowest BCUT2D eigenvalue weighted by Gasteiger charge is -2.36. The number of para-hydroxylation sites is 1. The highest BCUT2D eigenvalue weighted by Crippen LogP contribution is 2.30. The number of hydrogen-bond donors (Lipinski definition) is 2. The second-order valence-electron chi connectivity index (χ2n) is 7.87. The van der Waals surface area contributed by atoms with Crippen LogP contribution in [-0.2, 0) is 26.0 Å². The number of fused-ring (bicyclic) bond motifs is 1. The largest absolute Gasteiger partial charge is 0.345 e. The van der Waals surface area contributed by atoms with Crippen molar-refractivity contribution in [2.45, 2.75) is 43.5 Å². The molecule has 2 heterocycles. The van der Waals surface area contributed by atoms with E-state index in [0.29, 0.717) is 24.4 Å². The fourth-order valence-electron chi connectivity index (χ4n) is 4.18. The topological polar surface area (TPSA) is 108 Å². The summed E-state index contributed by atoms with van der Waals surface area (Å²) in [5.41, 5.74) is 2.27. The minimum absolute atomic E-state index is 0.161. The molecule has 0 spiro atoms. The number of benzene rings is 2. The number of amides is 2. The predicted octanol–water partition coefficient (Wildman–Crippen LogP) is 2.31. The summed E-state index contributed by atoms with van der Waals surface area (Å²) in [5.74, 6) is -0.317. The number of amidine groups is 1. The molecular formula is C23H26N4O4S. The van der Waals surface area contributed by atoms with Crippen molar-refractivity contribution in [3.8, 4) is 0 Å². The maximum Gasteiger partial charge on any atom is 0.285 e. The Balaban J connectivity index is 1.45. The number of nitrogens with zero attached hydrogens (tertiary/aromatic N) is 2. The average Bonchev–Trinajstić information content (AvgIpc) is 3.09. The number of carbonyl (C=O) groups is 2. The maximum absolute atomic E-state index is 13.0. The molecule has 2 aliphatic rings. The van der Waals surface area contributed by atoms with Crippen LogP contribution in [-0.4, -0.2) is 50.1 Å². The van der Waals surface area contributed by atoms with Gasteiger partial charge in [0, 0.05) is 17.8 Å². The number of piperidine rings is 1. The number of sulfonamides is 1. The molecule has 2 amide bonds. The SMILES string of the molecule is CCc1ccccc1NC(=O)CNC(=O)C1CCCCN1C1=NS(=O)(=O)c2ccccc21. The Morgan fingerprint density at radius 1 is 1.09 bits per heavy atom. The summed E-state index contributed by atoms with van der Waals surface area (Å²) in [5, 5.41) is 5.55. The quantitative estimate of drug-likeness (QED) is 0.721. The Bertz CT molecular complexity index is 1180. The van der Waals surface area contributed by atoms with Crippen molar-refractivity contribution in [1.29, 1.82) is 0 Å². The standard InChI is InChI=1S/C23H26N4O4S/c1-2-16-9-3-5-11-18(16)25-21(28)15-24-23(29)19-12-7-8-14-27(19)22-17-10-4-6-13-20(17)32(30,31)26-22/h3-6,9-11,13,19H,2,7-8,12,14-15H2,1H3,(H,24,29)(H,25,28). The van der Waals surface area contributed by atoms with Crippen molar-refractivity contribution in [1.82, 2.24) is 10.2 Å². The van der Waals surface area contributed by atoms with Gasteiger partial charge in [-0.1, -0.05) is 37.3 Å². The van der Waals surface area contributed by atoms with Gasteiger partial charge in [0.15, 0.2) is 5.84 Å². The molecule has 2 N–H and O–H groups in total. The summed E-state index contributed by atoms with van der Waals surface area (Å²) in [6, 6.07) is 13.6. The van der Waals surface area contributed by atoms with Gasteiger partial charge >= 0.3 is 0 Å². The third kappa shape index (κ3) is 4.38. The van der Waals surface area contributed by atoms with Gasteiger partial charge in [0.1, 0.15) is 10.9 Å². The Hall–Kier alpha value is -3.20. The molecular weight excluding hydrogens is 428 g/mol. The summed E-state index contributed by atoms with van der Waals surface area (Å²) < 4.78 is 28.9. The lowest BCUT2D eigenvalue weighted by molar-refractivity contribution is -0.128. The first-order valence-corrected chi connectivity index (χ1v) is 12.2. The van der Waals surface area contributed by atoms with E-state index in [1.807, 2.05) is 31.2 Å². The van der Waals surface area contributed by atoms with Gasteiger partial charge in [-0.25, -0.2) is 0 Å². The molecule has 0 aromatic heterocycles. The van der Waals surface area contributed by atoms with Crippen molar-refractivity contribution < 1.29 is 18.0 Å². The summed E-state index contributed by atoms with van der Waals surface area (Å²) in [6.07, 6.45) is 3.02. The van der Waals surface area contributed by atoms with Crippen LogP contribution in [0.25, 0.3) is 0 Å². The van der Waals surface area contributed by atoms with Gasteiger partial charge < -0.3 is 15.5 Å². The number of likely N-dealkylation sites (tertiary alicyclic amines) is 1. The molecule has 8 nitrogen and oxygen atoms in total. The summed E-state index contributed by atoms with van der Waals surface area (Å²) in [6.45, 7) is 2.37. The minimum atomic E-state index is -3.77. The first-order valence-electron chi connectivity index (χ1n) is 10.8. The zero-order valence-electron chi connectivity index (χ0n) is 17.9. The number of carbonyl (C=O) groups excluding carboxylic acids is 2. The zero-order valence-corrected chi connectivity index (χ0v) is 18.7. The minimum Gasteiger partial charge on any atom is -0.345 e. The molecule has 2 aliphatic heterocycles. The van der Waals surface area contributed by atoms with Crippen molar-refractivity contribution in [2.75, 3.05) is 18.4 Å². The van der Waals surface area contributed by atoms with Crippen molar-refractivity contribution in [3.63, 3.8) is 0 Å². The van der Waals surface area contributed by atoms with Crippen molar-refractivity contribution in [2.24, 2.45) is 4.40 Å². The highest BCUT2D eigenvalue weighted by molar-refractivity contribution is 7.90. The van der Waals surface area contributed by atoms with Crippen LogP contribution in [0.4, 0.5) is 5.69 Å². The van der Waals surface area contributed by atoms with E-state index in [4.69, 9.17) is 0 Å². The van der Waals surface area contributed by atoms with E-state index in [1.165, 1.54) is 6.07 Å². The van der Waals surface area contributed by atoms with Gasteiger partial charge in [-0.2, -0.15) is 8.42 Å². The van der Waals surface area contributed by atoms with Crippen LogP contribution in [0, 0.1) is 0 Å². The van der Waals surface area contributed by atoms with Gasteiger partial charge in [-0.15, -0.1) is 4.40 Å². The van der Waals surface area contributed by atoms with Gasteiger partial charge in [0.2, 0.25) is 11.8 Å². The summed E-state index contributed by atoms with van der Waals surface area (Å²) in [7, 11) is -3.77. The van der Waals surface area contributed by atoms with Gasteiger partial charge in [0.25, 0.3) is 10.0 Å². The molecule has 4 rings (SSSR count). The highest BCUT2D eigenvalue weighted by atomic mass is 32.2. The fourth-order valence-corrected chi connectivity index (χ4v) is 5.40. The van der Waals surface area contributed by atoms with E-state index in [9.17, 15) is 18.0 Å². The smallest absolute Gasteiger partial charge is 0.285 e. The second kappa shape index (κ2) is 9.12. The zero-order chi connectivity index (χ0) is 22.7. The number of anilines is 1. The van der Waals surface area contributed by atoms with Gasteiger partial charge in [0.05, 0.1) is 6.54 Å². The van der Waals surface area contributed by atoms with Crippen molar-refractivity contribution >= 4 is 33.4 Å². The molecule has 0 bridgehead atoms. The van der Waals surface area contributed by atoms with Gasteiger partial charge in [-0.05, 0) is 49.4 Å². The molecule has 0 saturated carbocycles. The molecule has 0 radical (unpaired) electrons. The highest BCUT2D eigenvalue weighted by Gasteiger charge is 2.37. The van der Waals surface area contributed by atoms with Crippen LogP contribution in [0.5, 0.6) is 0 Å². The molecule has 32 heavy (non-hydrogen) atoms. The first-order chi connectivity index (χ1) is 15.4. The third-order valence-electron chi connectivity index (χ3n) is 5.79. The Labute approximate surface area is 187 Å².